The first-order chi connectivity index (χ1) is 16.6. The van der Waals surface area contributed by atoms with Gasteiger partial charge in [-0.3, -0.25) is 0 Å². The number of hydrogen-bond acceptors (Lipinski definition) is 8. The number of carbonyl (C=O) groups excluding carboxylic acids is 4. The van der Waals surface area contributed by atoms with E-state index in [-0.39, 0.29) is 12.5 Å². The summed E-state index contributed by atoms with van der Waals surface area (Å²) < 4.78 is 10.7. The number of unbranched alkanes of at least 4 members (excludes halogenated alkanes) is 1. The third-order valence-corrected chi connectivity index (χ3v) is 4.94. The van der Waals surface area contributed by atoms with Crippen LogP contribution in [0.2, 0.25) is 0 Å². The molecule has 0 saturated heterocycles. The molecule has 0 aliphatic heterocycles. The van der Waals surface area contributed by atoms with Crippen LogP contribution in [-0.2, 0) is 9.59 Å². The molecule has 2 aromatic carbocycles. The van der Waals surface area contributed by atoms with Crippen molar-refractivity contribution in [3.8, 4) is 11.5 Å². The van der Waals surface area contributed by atoms with E-state index in [0.717, 1.165) is 11.3 Å². The quantitative estimate of drug-likeness (QED) is 0.235. The van der Waals surface area contributed by atoms with Gasteiger partial charge < -0.3 is 9.47 Å². The summed E-state index contributed by atoms with van der Waals surface area (Å²) in [4.78, 5) is 54.2. The Kier molecular flexibility index (Phi) is 12.1. The van der Waals surface area contributed by atoms with Crippen molar-refractivity contribution in [2.75, 3.05) is 19.6 Å². The van der Waals surface area contributed by atoms with Crippen molar-refractivity contribution in [2.24, 2.45) is 15.9 Å². The Labute approximate surface area is 198 Å². The van der Waals surface area contributed by atoms with E-state index in [1.54, 1.807) is 66.7 Å². The van der Waals surface area contributed by atoms with Gasteiger partial charge in [0.1, 0.15) is 11.5 Å². The van der Waals surface area contributed by atoms with Crippen molar-refractivity contribution in [3.63, 3.8) is 0 Å². The van der Waals surface area contributed by atoms with Gasteiger partial charge in [-0.05, 0) is 55.9 Å². The molecule has 0 heterocycles. The van der Waals surface area contributed by atoms with Crippen LogP contribution in [0.3, 0.4) is 0 Å². The highest BCUT2D eigenvalue weighted by Crippen LogP contribution is 2.18. The molecule has 0 N–H and O–H groups in total. The summed E-state index contributed by atoms with van der Waals surface area (Å²) in [5.74, 6) is 0.730. The molecule has 9 heteroatoms. The molecular formula is C25H27N3O6. The van der Waals surface area contributed by atoms with Crippen molar-refractivity contribution in [1.82, 2.24) is 4.90 Å². The van der Waals surface area contributed by atoms with Gasteiger partial charge >= 0.3 is 12.2 Å². The Bertz CT molecular complexity index is 933. The number of amides is 2. The Morgan fingerprint density at radius 2 is 1.29 bits per heavy atom. The number of carbonyl (C=O) groups is 2. The van der Waals surface area contributed by atoms with Crippen molar-refractivity contribution in [2.45, 2.75) is 32.1 Å². The van der Waals surface area contributed by atoms with Crippen LogP contribution < -0.4 is 9.47 Å². The molecule has 2 amide bonds. The minimum Gasteiger partial charge on any atom is -0.410 e. The monoisotopic (exact) mass is 465 g/mol. The van der Waals surface area contributed by atoms with Crippen molar-refractivity contribution < 1.29 is 28.7 Å². The number of isocyanates is 2. The number of rotatable bonds is 13. The van der Waals surface area contributed by atoms with Crippen LogP contribution in [0.1, 0.15) is 32.1 Å². The Morgan fingerprint density at radius 1 is 0.765 bits per heavy atom. The molecule has 1 atom stereocenters. The normalized spacial score (nSPS) is 10.8. The number of imide groups is 1. The Balaban J connectivity index is 1.96. The second kappa shape index (κ2) is 15.7. The van der Waals surface area contributed by atoms with E-state index in [9.17, 15) is 19.2 Å². The molecule has 0 aromatic heterocycles. The molecule has 9 nitrogen and oxygen atoms in total. The van der Waals surface area contributed by atoms with E-state index in [1.807, 2.05) is 0 Å². The molecule has 2 rings (SSSR count). The first-order valence-electron chi connectivity index (χ1n) is 11.0. The first-order valence-corrected chi connectivity index (χ1v) is 11.0. The number of para-hydroxylation sites is 2. The van der Waals surface area contributed by atoms with Crippen LogP contribution in [0.25, 0.3) is 0 Å². The molecule has 1 unspecified atom stereocenters. The Hall–Kier alpha value is -4.06. The second-order valence-corrected chi connectivity index (χ2v) is 7.42. The molecule has 0 saturated carbocycles. The number of nitrogens with zero attached hydrogens (tertiary/aromatic N) is 3. The van der Waals surface area contributed by atoms with Crippen LogP contribution in [0.15, 0.2) is 70.6 Å². The summed E-state index contributed by atoms with van der Waals surface area (Å²) in [6.45, 7) is 0.787. The van der Waals surface area contributed by atoms with E-state index >= 15 is 0 Å². The van der Waals surface area contributed by atoms with Crippen LogP contribution in [-0.4, -0.2) is 48.9 Å². The molecule has 0 aliphatic rings. The first kappa shape index (κ1) is 26.2. The maximum atomic E-state index is 12.7. The SMILES string of the molecule is O=C=NCCCC(CCCCN(C(=O)Oc1ccccc1)C(=O)Oc1ccccc1)CN=C=O. The van der Waals surface area contributed by atoms with Crippen LogP contribution >= 0.6 is 0 Å². The predicted octanol–water partition coefficient (Wildman–Crippen LogP) is 4.92. The fourth-order valence-corrected chi connectivity index (χ4v) is 3.25. The molecule has 178 valence electrons. The molecule has 0 aliphatic carbocycles. The van der Waals surface area contributed by atoms with Crippen molar-refractivity contribution in [1.29, 1.82) is 0 Å². The molecular weight excluding hydrogens is 438 g/mol. The lowest BCUT2D eigenvalue weighted by atomic mass is 9.96. The van der Waals surface area contributed by atoms with Gasteiger partial charge in [-0.2, -0.15) is 0 Å². The zero-order chi connectivity index (χ0) is 24.4. The third kappa shape index (κ3) is 10.0. The highest BCUT2D eigenvalue weighted by Gasteiger charge is 2.25. The minimum absolute atomic E-state index is 0.0937. The van der Waals surface area contributed by atoms with Gasteiger partial charge in [-0.15, -0.1) is 0 Å². The molecule has 34 heavy (non-hydrogen) atoms. The Morgan fingerprint density at radius 3 is 1.82 bits per heavy atom. The average Bonchev–Trinajstić information content (AvgIpc) is 2.85. The summed E-state index contributed by atoms with van der Waals surface area (Å²) in [5, 5.41) is 0. The number of aliphatic imine (C=N–C) groups is 2. The van der Waals surface area contributed by atoms with E-state index in [4.69, 9.17) is 9.47 Å². The maximum absolute atomic E-state index is 12.7. The highest BCUT2D eigenvalue weighted by molar-refractivity contribution is 5.89. The standard InChI is InChI=1S/C25H27N3O6/c29-19-26-16-9-11-21(18-27-20-30)10-7-8-17-28(24(31)33-22-12-3-1-4-13-22)25(32)34-23-14-5-2-6-15-23/h1-6,12-15,21H,7-11,16-18H2. The third-order valence-electron chi connectivity index (χ3n) is 4.94. The minimum atomic E-state index is -0.832. The molecule has 0 bridgehead atoms. The van der Waals surface area contributed by atoms with Gasteiger partial charge in [0.2, 0.25) is 12.2 Å². The maximum Gasteiger partial charge on any atom is 0.424 e. The van der Waals surface area contributed by atoms with Gasteiger partial charge in [-0.25, -0.2) is 34.1 Å². The van der Waals surface area contributed by atoms with Crippen LogP contribution in [0, 0.1) is 5.92 Å². The lowest BCUT2D eigenvalue weighted by Gasteiger charge is -2.20. The van der Waals surface area contributed by atoms with Gasteiger partial charge in [-0.1, -0.05) is 42.8 Å². The van der Waals surface area contributed by atoms with Crippen molar-refractivity contribution in [3.05, 3.63) is 60.7 Å². The fourth-order valence-electron chi connectivity index (χ4n) is 3.25. The van der Waals surface area contributed by atoms with Crippen LogP contribution in [0.4, 0.5) is 9.59 Å². The number of benzene rings is 2. The molecule has 0 fully saturated rings. The molecule has 2 aromatic rings. The van der Waals surface area contributed by atoms with Crippen LogP contribution in [0.5, 0.6) is 11.5 Å². The second-order valence-electron chi connectivity index (χ2n) is 7.42. The zero-order valence-electron chi connectivity index (χ0n) is 18.8. The van der Waals surface area contributed by atoms with E-state index < -0.39 is 12.2 Å². The molecule has 0 spiro atoms. The van der Waals surface area contributed by atoms with Crippen molar-refractivity contribution >= 4 is 24.3 Å². The summed E-state index contributed by atoms with van der Waals surface area (Å²) >= 11 is 0. The summed E-state index contributed by atoms with van der Waals surface area (Å²) in [7, 11) is 0. The average molecular weight is 466 g/mol. The summed E-state index contributed by atoms with van der Waals surface area (Å²) in [6, 6.07) is 16.9. The smallest absolute Gasteiger partial charge is 0.410 e. The van der Waals surface area contributed by atoms with Gasteiger partial charge in [0, 0.05) is 6.54 Å². The predicted molar refractivity (Wildman–Crippen MR) is 124 cm³/mol. The lowest BCUT2D eigenvalue weighted by molar-refractivity contribution is 0.130. The number of ether oxygens (including phenoxy) is 2. The summed E-state index contributed by atoms with van der Waals surface area (Å²) in [5.41, 5.74) is 0. The van der Waals surface area contributed by atoms with E-state index in [2.05, 4.69) is 9.98 Å². The van der Waals surface area contributed by atoms with Gasteiger partial charge in [0.05, 0.1) is 13.1 Å². The fraction of sp³-hybridized carbons (Fsp3) is 0.360. The topological polar surface area (TPSA) is 115 Å². The highest BCUT2D eigenvalue weighted by atomic mass is 16.6. The zero-order valence-corrected chi connectivity index (χ0v) is 18.8. The van der Waals surface area contributed by atoms with Gasteiger partial charge in [0.15, 0.2) is 0 Å². The number of hydrogen-bond donors (Lipinski definition) is 0. The summed E-state index contributed by atoms with van der Waals surface area (Å²) in [6.07, 6.45) is 4.67. The van der Waals surface area contributed by atoms with E-state index in [0.29, 0.717) is 50.3 Å². The lowest BCUT2D eigenvalue weighted by Crippen LogP contribution is -2.41. The van der Waals surface area contributed by atoms with E-state index in [1.165, 1.54) is 6.08 Å². The molecule has 0 radical (unpaired) electrons. The largest absolute Gasteiger partial charge is 0.424 e. The van der Waals surface area contributed by atoms with Gasteiger partial charge in [0.25, 0.3) is 0 Å².